The lowest BCUT2D eigenvalue weighted by atomic mass is 10.1. The Morgan fingerprint density at radius 3 is 3.09 bits per heavy atom. The lowest BCUT2D eigenvalue weighted by Crippen LogP contribution is -2.28. The summed E-state index contributed by atoms with van der Waals surface area (Å²) in [6.07, 6.45) is 10.0. The topological polar surface area (TPSA) is 38.2 Å². The van der Waals surface area contributed by atoms with E-state index < -0.39 is 0 Å². The Morgan fingerprint density at radius 1 is 1.23 bits per heavy atom. The average molecular weight is 293 g/mol. The first-order valence-corrected chi connectivity index (χ1v) is 7.81. The summed E-state index contributed by atoms with van der Waals surface area (Å²) in [6.45, 7) is 2.73. The fourth-order valence-electron chi connectivity index (χ4n) is 3.35. The van der Waals surface area contributed by atoms with Gasteiger partial charge in [-0.05, 0) is 37.1 Å². The van der Waals surface area contributed by atoms with Crippen LogP contribution in [-0.2, 0) is 0 Å². The van der Waals surface area contributed by atoms with Crippen molar-refractivity contribution >= 4 is 6.08 Å². The summed E-state index contributed by atoms with van der Waals surface area (Å²) in [7, 11) is 0. The van der Waals surface area contributed by atoms with Crippen LogP contribution in [-0.4, -0.2) is 34.6 Å². The van der Waals surface area contributed by atoms with Crippen LogP contribution < -0.4 is 4.74 Å². The van der Waals surface area contributed by atoms with Gasteiger partial charge in [0.15, 0.2) is 0 Å². The molecule has 0 saturated carbocycles. The van der Waals surface area contributed by atoms with Gasteiger partial charge in [0.25, 0.3) is 0 Å². The van der Waals surface area contributed by atoms with Crippen LogP contribution in [0.15, 0.2) is 48.4 Å². The second kappa shape index (κ2) is 5.89. The molecule has 112 valence electrons. The first kappa shape index (κ1) is 13.5. The summed E-state index contributed by atoms with van der Waals surface area (Å²) in [5.74, 6) is 0.984. The molecule has 2 aliphatic heterocycles. The van der Waals surface area contributed by atoms with Crippen LogP contribution in [0.25, 0.3) is 6.08 Å². The predicted molar refractivity (Wildman–Crippen MR) is 85.5 cm³/mol. The summed E-state index contributed by atoms with van der Waals surface area (Å²) in [6, 6.07) is 8.59. The van der Waals surface area contributed by atoms with Gasteiger partial charge in [-0.3, -0.25) is 14.9 Å². The van der Waals surface area contributed by atoms with E-state index in [1.165, 1.54) is 17.6 Å². The highest BCUT2D eigenvalue weighted by Gasteiger charge is 2.28. The summed E-state index contributed by atoms with van der Waals surface area (Å²) >= 11 is 0. The highest BCUT2D eigenvalue weighted by molar-refractivity contribution is 5.62. The molecule has 1 fully saturated rings. The maximum atomic E-state index is 5.86. The Labute approximate surface area is 130 Å². The summed E-state index contributed by atoms with van der Waals surface area (Å²) in [4.78, 5) is 11.2. The average Bonchev–Trinajstić information content (AvgIpc) is 3.04. The third kappa shape index (κ3) is 2.62. The summed E-state index contributed by atoms with van der Waals surface area (Å²) < 4.78 is 5.86. The molecule has 0 radical (unpaired) electrons. The van der Waals surface area contributed by atoms with Crippen LogP contribution in [0.4, 0.5) is 0 Å². The minimum Gasteiger partial charge on any atom is -0.489 e. The zero-order valence-electron chi connectivity index (χ0n) is 12.5. The monoisotopic (exact) mass is 293 g/mol. The molecule has 4 nitrogen and oxygen atoms in total. The van der Waals surface area contributed by atoms with Gasteiger partial charge in [-0.15, -0.1) is 0 Å². The zero-order chi connectivity index (χ0) is 14.8. The molecule has 4 rings (SSSR count). The molecule has 3 heterocycles. The summed E-state index contributed by atoms with van der Waals surface area (Å²) in [5, 5.41) is 0. The van der Waals surface area contributed by atoms with Crippen molar-refractivity contribution in [3.05, 3.63) is 59.7 Å². The Bertz CT molecular complexity index is 684. The van der Waals surface area contributed by atoms with Crippen molar-refractivity contribution in [3.8, 4) is 5.75 Å². The number of nitrogens with zero attached hydrogens (tertiary/aromatic N) is 3. The van der Waals surface area contributed by atoms with E-state index in [-0.39, 0.29) is 0 Å². The lowest BCUT2D eigenvalue weighted by Gasteiger charge is -2.27. The van der Waals surface area contributed by atoms with Crippen molar-refractivity contribution in [2.75, 3.05) is 19.7 Å². The number of para-hydroxylation sites is 1. The van der Waals surface area contributed by atoms with E-state index in [4.69, 9.17) is 4.74 Å². The number of aromatic nitrogens is 2. The lowest BCUT2D eigenvalue weighted by molar-refractivity contribution is 0.256. The molecule has 0 bridgehead atoms. The highest BCUT2D eigenvalue weighted by atomic mass is 16.5. The number of rotatable bonds is 3. The summed E-state index contributed by atoms with van der Waals surface area (Å²) in [5.41, 5.74) is 3.59. The van der Waals surface area contributed by atoms with Gasteiger partial charge in [-0.1, -0.05) is 18.2 Å². The molecule has 1 unspecified atom stereocenters. The molecule has 1 saturated heterocycles. The van der Waals surface area contributed by atoms with E-state index in [2.05, 4.69) is 33.1 Å². The van der Waals surface area contributed by atoms with Crippen molar-refractivity contribution < 1.29 is 4.74 Å². The molecule has 1 aromatic heterocycles. The molecule has 2 aliphatic rings. The number of hydrogen-bond acceptors (Lipinski definition) is 4. The molecular weight excluding hydrogens is 274 g/mol. The Kier molecular flexibility index (Phi) is 3.60. The minimum absolute atomic E-state index is 0.381. The van der Waals surface area contributed by atoms with Gasteiger partial charge in [0.2, 0.25) is 0 Å². The van der Waals surface area contributed by atoms with Crippen molar-refractivity contribution in [3.63, 3.8) is 0 Å². The Morgan fingerprint density at radius 2 is 2.18 bits per heavy atom. The second-order valence-corrected chi connectivity index (χ2v) is 5.89. The zero-order valence-corrected chi connectivity index (χ0v) is 12.5. The van der Waals surface area contributed by atoms with Crippen molar-refractivity contribution in [2.45, 2.75) is 18.9 Å². The second-order valence-electron chi connectivity index (χ2n) is 5.89. The Hall–Kier alpha value is -2.20. The van der Waals surface area contributed by atoms with Crippen LogP contribution in [0.3, 0.4) is 0 Å². The number of benzene rings is 1. The standard InChI is InChI=1S/C18H19N3O/c1-2-6-18-15(4-1)10-14(13-22-18)12-21-9-3-5-17(21)16-11-19-7-8-20-16/h1-2,4,6-8,10-11,17H,3,5,9,12-13H2. The van der Waals surface area contributed by atoms with E-state index in [9.17, 15) is 0 Å². The molecule has 1 atom stereocenters. The van der Waals surface area contributed by atoms with E-state index >= 15 is 0 Å². The van der Waals surface area contributed by atoms with Gasteiger partial charge in [-0.2, -0.15) is 0 Å². The van der Waals surface area contributed by atoms with E-state index in [0.717, 1.165) is 31.0 Å². The van der Waals surface area contributed by atoms with Crippen molar-refractivity contribution in [2.24, 2.45) is 0 Å². The fraction of sp³-hybridized carbons (Fsp3) is 0.333. The third-order valence-electron chi connectivity index (χ3n) is 4.39. The van der Waals surface area contributed by atoms with Crippen LogP contribution in [0.1, 0.15) is 30.1 Å². The van der Waals surface area contributed by atoms with Gasteiger partial charge in [0, 0.05) is 30.7 Å². The van der Waals surface area contributed by atoms with Crippen LogP contribution in [0.5, 0.6) is 5.75 Å². The van der Waals surface area contributed by atoms with Gasteiger partial charge < -0.3 is 4.74 Å². The first-order chi connectivity index (χ1) is 10.9. The number of ether oxygens (including phenoxy) is 1. The molecule has 4 heteroatoms. The quantitative estimate of drug-likeness (QED) is 0.871. The normalized spacial score (nSPS) is 21.1. The molecule has 0 aliphatic carbocycles. The smallest absolute Gasteiger partial charge is 0.127 e. The predicted octanol–water partition coefficient (Wildman–Crippen LogP) is 3.09. The van der Waals surface area contributed by atoms with Crippen LogP contribution in [0.2, 0.25) is 0 Å². The van der Waals surface area contributed by atoms with Gasteiger partial charge in [-0.25, -0.2) is 0 Å². The maximum Gasteiger partial charge on any atom is 0.127 e. The van der Waals surface area contributed by atoms with E-state index in [1.54, 1.807) is 12.4 Å². The van der Waals surface area contributed by atoms with Crippen LogP contribution in [0, 0.1) is 0 Å². The fourth-order valence-corrected chi connectivity index (χ4v) is 3.35. The van der Waals surface area contributed by atoms with Gasteiger partial charge >= 0.3 is 0 Å². The largest absolute Gasteiger partial charge is 0.489 e. The number of fused-ring (bicyclic) bond motifs is 1. The number of hydrogen-bond donors (Lipinski definition) is 0. The Balaban J connectivity index is 1.53. The molecule has 22 heavy (non-hydrogen) atoms. The van der Waals surface area contributed by atoms with E-state index in [1.807, 2.05) is 18.3 Å². The molecule has 0 N–H and O–H groups in total. The molecule has 2 aromatic rings. The minimum atomic E-state index is 0.381. The first-order valence-electron chi connectivity index (χ1n) is 7.81. The SMILES string of the molecule is C1=C(CN2CCCC2c2cnccn2)COc2ccccc21. The molecule has 0 spiro atoms. The maximum absolute atomic E-state index is 5.86. The molecular formula is C18H19N3O. The third-order valence-corrected chi connectivity index (χ3v) is 4.39. The highest BCUT2D eigenvalue weighted by Crippen LogP contribution is 2.32. The van der Waals surface area contributed by atoms with Crippen molar-refractivity contribution in [1.29, 1.82) is 0 Å². The molecule has 0 amide bonds. The van der Waals surface area contributed by atoms with Gasteiger partial charge in [0.05, 0.1) is 11.7 Å². The number of likely N-dealkylation sites (tertiary alicyclic amines) is 1. The molecule has 1 aromatic carbocycles. The van der Waals surface area contributed by atoms with E-state index in [0.29, 0.717) is 12.6 Å². The van der Waals surface area contributed by atoms with Crippen molar-refractivity contribution in [1.82, 2.24) is 14.9 Å². The van der Waals surface area contributed by atoms with Crippen LogP contribution >= 0.6 is 0 Å². The van der Waals surface area contributed by atoms with Gasteiger partial charge in [0.1, 0.15) is 12.4 Å².